The zero-order valence-electron chi connectivity index (χ0n) is 7.68. The highest BCUT2D eigenvalue weighted by atomic mass is 79.9. The Hall–Kier alpha value is -1.49. The Labute approximate surface area is 94.4 Å². The molecule has 2 heterocycles. The maximum absolute atomic E-state index is 11.3. The van der Waals surface area contributed by atoms with Crippen molar-refractivity contribution in [3.8, 4) is 11.3 Å². The van der Waals surface area contributed by atoms with Gasteiger partial charge in [0, 0.05) is 24.0 Å². The molecule has 0 bridgehead atoms. The first-order valence-electron chi connectivity index (χ1n) is 4.27. The fourth-order valence-corrected chi connectivity index (χ4v) is 1.41. The van der Waals surface area contributed by atoms with E-state index in [4.69, 9.17) is 4.52 Å². The smallest absolute Gasteiger partial charge is 0.211 e. The third kappa shape index (κ3) is 2.12. The summed E-state index contributed by atoms with van der Waals surface area (Å²) >= 11 is 3.07. The van der Waals surface area contributed by atoms with Gasteiger partial charge in [-0.15, -0.1) is 0 Å². The summed E-state index contributed by atoms with van der Waals surface area (Å²) in [4.78, 5) is 15.2. The van der Waals surface area contributed by atoms with E-state index in [1.807, 2.05) is 0 Å². The van der Waals surface area contributed by atoms with E-state index in [0.29, 0.717) is 5.69 Å². The van der Waals surface area contributed by atoms with Crippen LogP contribution in [0.15, 0.2) is 35.1 Å². The topological polar surface area (TPSA) is 56.0 Å². The Bertz CT molecular complexity index is 467. The zero-order valence-corrected chi connectivity index (χ0v) is 9.27. The second-order valence-corrected chi connectivity index (χ2v) is 3.43. The molecule has 4 nitrogen and oxygen atoms in total. The van der Waals surface area contributed by atoms with E-state index in [2.05, 4.69) is 26.1 Å². The SMILES string of the molecule is O=C(CBr)c1cc(-c2ccncc2)no1. The third-order valence-electron chi connectivity index (χ3n) is 1.88. The lowest BCUT2D eigenvalue weighted by molar-refractivity contribution is 0.0985. The van der Waals surface area contributed by atoms with Gasteiger partial charge >= 0.3 is 0 Å². The predicted molar refractivity (Wildman–Crippen MR) is 57.9 cm³/mol. The molecule has 0 aliphatic rings. The van der Waals surface area contributed by atoms with E-state index in [9.17, 15) is 4.79 Å². The highest BCUT2D eigenvalue weighted by Crippen LogP contribution is 2.18. The van der Waals surface area contributed by atoms with Crippen LogP contribution in [-0.4, -0.2) is 21.3 Å². The van der Waals surface area contributed by atoms with Crippen LogP contribution in [0.5, 0.6) is 0 Å². The monoisotopic (exact) mass is 266 g/mol. The molecule has 76 valence electrons. The van der Waals surface area contributed by atoms with E-state index in [-0.39, 0.29) is 16.9 Å². The first-order valence-corrected chi connectivity index (χ1v) is 5.39. The van der Waals surface area contributed by atoms with Gasteiger partial charge in [-0.1, -0.05) is 21.1 Å². The van der Waals surface area contributed by atoms with E-state index in [1.165, 1.54) is 0 Å². The number of ketones is 1. The van der Waals surface area contributed by atoms with Gasteiger partial charge in [0.05, 0.1) is 5.33 Å². The van der Waals surface area contributed by atoms with E-state index in [1.54, 1.807) is 30.6 Å². The van der Waals surface area contributed by atoms with Crippen molar-refractivity contribution in [1.29, 1.82) is 0 Å². The largest absolute Gasteiger partial charge is 0.352 e. The van der Waals surface area contributed by atoms with Crippen LogP contribution >= 0.6 is 15.9 Å². The van der Waals surface area contributed by atoms with E-state index >= 15 is 0 Å². The van der Waals surface area contributed by atoms with Crippen molar-refractivity contribution in [2.45, 2.75) is 0 Å². The van der Waals surface area contributed by atoms with Crippen LogP contribution < -0.4 is 0 Å². The number of rotatable bonds is 3. The van der Waals surface area contributed by atoms with Crippen molar-refractivity contribution in [2.75, 3.05) is 5.33 Å². The summed E-state index contributed by atoms with van der Waals surface area (Å²) in [6.07, 6.45) is 3.33. The first-order chi connectivity index (χ1) is 7.31. The molecular weight excluding hydrogens is 260 g/mol. The van der Waals surface area contributed by atoms with Gasteiger partial charge in [-0.3, -0.25) is 9.78 Å². The Morgan fingerprint density at radius 1 is 1.40 bits per heavy atom. The molecule has 0 amide bonds. The highest BCUT2D eigenvalue weighted by molar-refractivity contribution is 9.09. The zero-order chi connectivity index (χ0) is 10.7. The Kier molecular flexibility index (Phi) is 2.91. The average Bonchev–Trinajstić information content (AvgIpc) is 2.78. The molecule has 0 aliphatic carbocycles. The molecule has 0 unspecified atom stereocenters. The molecule has 0 aromatic carbocycles. The molecule has 0 fully saturated rings. The molecule has 2 aromatic rings. The first kappa shape index (κ1) is 10.0. The van der Waals surface area contributed by atoms with Crippen LogP contribution in [0.3, 0.4) is 0 Å². The number of aromatic nitrogens is 2. The van der Waals surface area contributed by atoms with Crippen molar-refractivity contribution in [1.82, 2.24) is 10.1 Å². The molecule has 0 saturated carbocycles. The number of pyridine rings is 1. The normalized spacial score (nSPS) is 10.2. The number of hydrogen-bond acceptors (Lipinski definition) is 4. The van der Waals surface area contributed by atoms with Crippen LogP contribution in [0, 0.1) is 0 Å². The summed E-state index contributed by atoms with van der Waals surface area (Å²) in [5, 5.41) is 4.05. The van der Waals surface area contributed by atoms with Crippen LogP contribution in [0.2, 0.25) is 0 Å². The standard InChI is InChI=1S/C10H7BrN2O2/c11-6-9(14)10-5-8(13-15-10)7-1-3-12-4-2-7/h1-5H,6H2. The molecule has 5 heteroatoms. The minimum absolute atomic E-state index is 0.122. The number of nitrogens with zero attached hydrogens (tertiary/aromatic N) is 2. The summed E-state index contributed by atoms with van der Waals surface area (Å²) < 4.78 is 4.92. The second-order valence-electron chi connectivity index (χ2n) is 2.87. The van der Waals surface area contributed by atoms with Crippen molar-refractivity contribution in [2.24, 2.45) is 0 Å². The molecule has 0 N–H and O–H groups in total. The molecule has 0 atom stereocenters. The molecule has 0 aliphatic heterocycles. The van der Waals surface area contributed by atoms with Gasteiger partial charge in [0.15, 0.2) is 0 Å². The number of halogens is 1. The van der Waals surface area contributed by atoms with Crippen LogP contribution in [0.4, 0.5) is 0 Å². The number of carbonyl (C=O) groups excluding carboxylic acids is 1. The summed E-state index contributed by atoms with van der Waals surface area (Å²) in [5.74, 6) is 0.140. The lowest BCUT2D eigenvalue weighted by atomic mass is 10.2. The van der Waals surface area contributed by atoms with Gasteiger partial charge < -0.3 is 4.52 Å². The number of Topliss-reactive ketones (excluding diaryl/α,β-unsaturated/α-hetero) is 1. The van der Waals surface area contributed by atoms with Crippen molar-refractivity contribution in [3.63, 3.8) is 0 Å². The average molecular weight is 267 g/mol. The number of hydrogen-bond donors (Lipinski definition) is 0. The van der Waals surface area contributed by atoms with Crippen LogP contribution in [-0.2, 0) is 0 Å². The minimum Gasteiger partial charge on any atom is -0.352 e. The maximum Gasteiger partial charge on any atom is 0.211 e. The summed E-state index contributed by atoms with van der Waals surface area (Å²) in [6, 6.07) is 5.24. The number of alkyl halides is 1. The van der Waals surface area contributed by atoms with Crippen molar-refractivity contribution in [3.05, 3.63) is 36.4 Å². The molecule has 0 spiro atoms. The predicted octanol–water partition coefficient (Wildman–Crippen LogP) is 2.31. The van der Waals surface area contributed by atoms with Gasteiger partial charge in [-0.2, -0.15) is 0 Å². The Morgan fingerprint density at radius 3 is 2.80 bits per heavy atom. The molecule has 15 heavy (non-hydrogen) atoms. The molecule has 2 aromatic heterocycles. The van der Waals surface area contributed by atoms with Crippen LogP contribution in [0.25, 0.3) is 11.3 Å². The van der Waals surface area contributed by atoms with Gasteiger partial charge in [0.2, 0.25) is 11.5 Å². The lowest BCUT2D eigenvalue weighted by Crippen LogP contribution is -1.96. The minimum atomic E-state index is -0.122. The van der Waals surface area contributed by atoms with E-state index in [0.717, 1.165) is 5.56 Å². The lowest BCUT2D eigenvalue weighted by Gasteiger charge is -1.90. The summed E-state index contributed by atoms with van der Waals surface area (Å²) in [6.45, 7) is 0. The van der Waals surface area contributed by atoms with Gasteiger partial charge in [-0.25, -0.2) is 0 Å². The van der Waals surface area contributed by atoms with Crippen molar-refractivity contribution < 1.29 is 9.32 Å². The molecule has 0 saturated heterocycles. The molecule has 0 radical (unpaired) electrons. The quantitative estimate of drug-likeness (QED) is 0.632. The van der Waals surface area contributed by atoms with E-state index < -0.39 is 0 Å². The fraction of sp³-hybridized carbons (Fsp3) is 0.100. The molecular formula is C10H7BrN2O2. The highest BCUT2D eigenvalue weighted by Gasteiger charge is 2.12. The van der Waals surface area contributed by atoms with Crippen molar-refractivity contribution >= 4 is 21.7 Å². The molecule has 2 rings (SSSR count). The van der Waals surface area contributed by atoms with Gasteiger partial charge in [-0.05, 0) is 12.1 Å². The second kappa shape index (κ2) is 4.35. The van der Waals surface area contributed by atoms with Gasteiger partial charge in [0.1, 0.15) is 5.69 Å². The summed E-state index contributed by atoms with van der Waals surface area (Å²) in [5.41, 5.74) is 1.52. The summed E-state index contributed by atoms with van der Waals surface area (Å²) in [7, 11) is 0. The Balaban J connectivity index is 2.32. The third-order valence-corrected chi connectivity index (χ3v) is 2.39. The number of carbonyl (C=O) groups is 1. The fourth-order valence-electron chi connectivity index (χ4n) is 1.13. The van der Waals surface area contributed by atoms with Gasteiger partial charge in [0.25, 0.3) is 0 Å². The maximum atomic E-state index is 11.3. The van der Waals surface area contributed by atoms with Crippen LogP contribution in [0.1, 0.15) is 10.6 Å². The Morgan fingerprint density at radius 2 is 2.13 bits per heavy atom.